The summed E-state index contributed by atoms with van der Waals surface area (Å²) in [5.41, 5.74) is 10.1. The Labute approximate surface area is 217 Å². The summed E-state index contributed by atoms with van der Waals surface area (Å²) in [5.74, 6) is 0.489. The Morgan fingerprint density at radius 2 is 1.81 bits per heavy atom. The van der Waals surface area contributed by atoms with Crippen LogP contribution in [0.2, 0.25) is 0 Å². The van der Waals surface area contributed by atoms with Crippen LogP contribution in [0.25, 0.3) is 5.57 Å². The molecule has 1 N–H and O–H groups in total. The first kappa shape index (κ1) is 24.7. The van der Waals surface area contributed by atoms with Gasteiger partial charge in [-0.15, -0.1) is 0 Å². The summed E-state index contributed by atoms with van der Waals surface area (Å²) >= 11 is 0. The quantitative estimate of drug-likeness (QED) is 0.451. The lowest BCUT2D eigenvalue weighted by molar-refractivity contribution is 0.421. The molecule has 5 rings (SSSR count). The number of allylic oxidation sites excluding steroid dienone is 6. The molecule has 0 unspecified atom stereocenters. The van der Waals surface area contributed by atoms with E-state index in [1.165, 1.54) is 34.6 Å². The van der Waals surface area contributed by atoms with Gasteiger partial charge >= 0.3 is 0 Å². The number of anilines is 2. The van der Waals surface area contributed by atoms with Crippen molar-refractivity contribution in [2.24, 2.45) is 5.41 Å². The first-order valence-corrected chi connectivity index (χ1v) is 13.6. The zero-order chi connectivity index (χ0) is 25.7. The number of phenols is 1. The van der Waals surface area contributed by atoms with E-state index in [0.29, 0.717) is 5.75 Å². The van der Waals surface area contributed by atoms with E-state index in [-0.39, 0.29) is 10.8 Å². The first-order chi connectivity index (χ1) is 17.1. The van der Waals surface area contributed by atoms with Crippen LogP contribution in [0, 0.1) is 5.41 Å². The van der Waals surface area contributed by atoms with Gasteiger partial charge in [-0.2, -0.15) is 0 Å². The Hall–Kier alpha value is -2.94. The van der Waals surface area contributed by atoms with Gasteiger partial charge in [0, 0.05) is 53.8 Å². The summed E-state index contributed by atoms with van der Waals surface area (Å²) in [6.07, 6.45) is 14.3. The van der Waals surface area contributed by atoms with E-state index in [2.05, 4.69) is 106 Å². The van der Waals surface area contributed by atoms with Gasteiger partial charge in [0.2, 0.25) is 0 Å². The molecule has 36 heavy (non-hydrogen) atoms. The Bertz CT molecular complexity index is 1250. The fourth-order valence-electron chi connectivity index (χ4n) is 6.29. The Balaban J connectivity index is 1.55. The molecule has 190 valence electrons. The molecule has 3 heterocycles. The van der Waals surface area contributed by atoms with Crippen LogP contribution in [0.3, 0.4) is 0 Å². The van der Waals surface area contributed by atoms with Gasteiger partial charge in [0.05, 0.1) is 0 Å². The summed E-state index contributed by atoms with van der Waals surface area (Å²) in [4.78, 5) is 4.81. The van der Waals surface area contributed by atoms with Crippen LogP contribution in [-0.2, 0) is 18.3 Å². The Kier molecular flexibility index (Phi) is 6.31. The van der Waals surface area contributed by atoms with Crippen molar-refractivity contribution >= 4 is 16.9 Å². The molecule has 0 spiro atoms. The topological polar surface area (TPSA) is 26.7 Å². The highest BCUT2D eigenvalue weighted by Gasteiger charge is 2.37. The van der Waals surface area contributed by atoms with Crippen molar-refractivity contribution in [2.45, 2.75) is 72.1 Å². The third-order valence-electron chi connectivity index (χ3n) is 8.21. The van der Waals surface area contributed by atoms with E-state index < -0.39 is 0 Å². The number of phenolic OH excluding ortho intramolecular Hbond substituents is 1. The van der Waals surface area contributed by atoms with Gasteiger partial charge in [0.1, 0.15) is 5.75 Å². The number of hydrogen-bond acceptors (Lipinski definition) is 3. The number of para-hydroxylation sites is 1. The molecule has 3 aliphatic heterocycles. The van der Waals surface area contributed by atoms with Crippen LogP contribution in [0.5, 0.6) is 5.75 Å². The average molecular weight is 483 g/mol. The largest absolute Gasteiger partial charge is 0.507 e. The lowest BCUT2D eigenvalue weighted by Crippen LogP contribution is -2.34. The Morgan fingerprint density at radius 3 is 2.53 bits per heavy atom. The minimum atomic E-state index is -0.0490. The standard InChI is InChI=1S/C33H42N2O/c1-32(2,3)19-18-23(12-9-17-29-33(4,5)27-15-7-8-16-28(27)34(29)6)26-22-24-13-10-20-35-21-11-14-25(30(24)35)31(26)36/h7-9,12,15-18,22,36H,10-11,13-14,19-21H2,1-6H3/b12-9+,23-18-,29-17+. The maximum Gasteiger partial charge on any atom is 0.128 e. The van der Waals surface area contributed by atoms with Crippen molar-refractivity contribution in [1.82, 2.24) is 0 Å². The van der Waals surface area contributed by atoms with Crippen molar-refractivity contribution in [3.8, 4) is 5.75 Å². The van der Waals surface area contributed by atoms with Crippen molar-refractivity contribution in [3.05, 3.63) is 82.6 Å². The van der Waals surface area contributed by atoms with Crippen LogP contribution in [0.4, 0.5) is 11.4 Å². The van der Waals surface area contributed by atoms with Crippen molar-refractivity contribution in [3.63, 3.8) is 0 Å². The van der Waals surface area contributed by atoms with Gasteiger partial charge in [-0.25, -0.2) is 0 Å². The molecular weight excluding hydrogens is 440 g/mol. The van der Waals surface area contributed by atoms with Crippen LogP contribution in [0.15, 0.2) is 60.3 Å². The van der Waals surface area contributed by atoms with Crippen LogP contribution in [0.1, 0.15) is 76.1 Å². The van der Waals surface area contributed by atoms with Gasteiger partial charge in [-0.05, 0) is 72.4 Å². The number of fused-ring (bicyclic) bond motifs is 1. The number of benzene rings is 2. The minimum absolute atomic E-state index is 0.0490. The lowest BCUT2D eigenvalue weighted by atomic mass is 9.83. The SMILES string of the molecule is CN1/C(=C/C=C/C(=C/CC(C)(C)C)c2cc3c4c(c2O)CCCN4CCC3)C(C)(C)c2ccccc21. The number of likely N-dealkylation sites (N-methyl/N-ethyl adjacent to an activating group) is 1. The van der Waals surface area contributed by atoms with Crippen LogP contribution >= 0.6 is 0 Å². The molecule has 0 aliphatic carbocycles. The molecule has 0 atom stereocenters. The maximum atomic E-state index is 11.5. The molecule has 3 heteroatoms. The summed E-state index contributed by atoms with van der Waals surface area (Å²) in [6, 6.07) is 11.0. The second-order valence-electron chi connectivity index (χ2n) is 12.5. The van der Waals surface area contributed by atoms with Gasteiger partial charge in [-0.3, -0.25) is 0 Å². The van der Waals surface area contributed by atoms with Crippen molar-refractivity contribution in [1.29, 1.82) is 0 Å². The molecule has 2 aromatic rings. The molecule has 0 radical (unpaired) electrons. The van der Waals surface area contributed by atoms with E-state index in [9.17, 15) is 5.11 Å². The third kappa shape index (κ3) is 4.38. The van der Waals surface area contributed by atoms with E-state index >= 15 is 0 Å². The molecule has 0 bridgehead atoms. The number of aromatic hydroxyl groups is 1. The average Bonchev–Trinajstić information content (AvgIpc) is 3.03. The molecule has 0 saturated heterocycles. The fourth-order valence-corrected chi connectivity index (χ4v) is 6.29. The predicted molar refractivity (Wildman–Crippen MR) is 154 cm³/mol. The molecule has 3 aliphatic rings. The van der Waals surface area contributed by atoms with Crippen molar-refractivity contribution in [2.75, 3.05) is 29.9 Å². The number of rotatable bonds is 4. The highest BCUT2D eigenvalue weighted by molar-refractivity contribution is 5.83. The number of hydrogen-bond donors (Lipinski definition) is 1. The molecule has 0 aromatic heterocycles. The van der Waals surface area contributed by atoms with Crippen LogP contribution in [-0.4, -0.2) is 25.2 Å². The lowest BCUT2D eigenvalue weighted by Gasteiger charge is -2.37. The number of nitrogens with zero attached hydrogens (tertiary/aromatic N) is 2. The van der Waals surface area contributed by atoms with Gasteiger partial charge in [-0.1, -0.05) is 71.0 Å². The van der Waals surface area contributed by atoms with E-state index in [4.69, 9.17) is 0 Å². The monoisotopic (exact) mass is 482 g/mol. The molecule has 2 aromatic carbocycles. The summed E-state index contributed by atoms with van der Waals surface area (Å²) < 4.78 is 0. The zero-order valence-corrected chi connectivity index (χ0v) is 23.0. The van der Waals surface area contributed by atoms with E-state index in [1.807, 2.05) is 0 Å². The minimum Gasteiger partial charge on any atom is -0.507 e. The molecule has 0 saturated carbocycles. The third-order valence-corrected chi connectivity index (χ3v) is 8.21. The first-order valence-electron chi connectivity index (χ1n) is 13.6. The normalized spacial score (nSPS) is 20.3. The highest BCUT2D eigenvalue weighted by atomic mass is 16.3. The van der Waals surface area contributed by atoms with E-state index in [0.717, 1.165) is 55.5 Å². The van der Waals surface area contributed by atoms with Gasteiger partial charge < -0.3 is 14.9 Å². The maximum absolute atomic E-state index is 11.5. The zero-order valence-electron chi connectivity index (χ0n) is 23.0. The molecule has 3 nitrogen and oxygen atoms in total. The second kappa shape index (κ2) is 9.18. The van der Waals surface area contributed by atoms with Crippen molar-refractivity contribution < 1.29 is 5.11 Å². The molecular formula is C33H42N2O. The second-order valence-corrected chi connectivity index (χ2v) is 12.5. The molecule has 0 amide bonds. The summed E-state index contributed by atoms with van der Waals surface area (Å²) in [7, 11) is 2.16. The van der Waals surface area contributed by atoms with Gasteiger partial charge in [0.15, 0.2) is 0 Å². The Morgan fingerprint density at radius 1 is 1.08 bits per heavy atom. The fraction of sp³-hybridized carbons (Fsp3) is 0.455. The summed E-state index contributed by atoms with van der Waals surface area (Å²) in [5, 5.41) is 11.5. The highest BCUT2D eigenvalue weighted by Crippen LogP contribution is 2.47. The smallest absolute Gasteiger partial charge is 0.128 e. The number of aryl methyl sites for hydroxylation is 1. The molecule has 0 fully saturated rings. The predicted octanol–water partition coefficient (Wildman–Crippen LogP) is 7.78. The van der Waals surface area contributed by atoms with Gasteiger partial charge in [0.25, 0.3) is 0 Å². The van der Waals surface area contributed by atoms with E-state index in [1.54, 1.807) is 0 Å². The van der Waals surface area contributed by atoms with Crippen LogP contribution < -0.4 is 9.80 Å². The summed E-state index contributed by atoms with van der Waals surface area (Å²) in [6.45, 7) is 13.7.